The molecule has 2 aromatic rings. The topological polar surface area (TPSA) is 38.9 Å². The van der Waals surface area contributed by atoms with Gasteiger partial charge in [-0.3, -0.25) is 0 Å². The van der Waals surface area contributed by atoms with Gasteiger partial charge in [0.1, 0.15) is 16.5 Å². The number of rotatable bonds is 2. The molecule has 3 rings (SSSR count). The van der Waals surface area contributed by atoms with Crippen LogP contribution in [0.1, 0.15) is 29.3 Å². The minimum Gasteiger partial charge on any atom is -0.389 e. The standard InChI is InChI=1S/C13H13FN2S/c1-7-6-9(14)4-5-10(7)11-12(15)17-13(16-11)8-2-3-8/h4-6,8H,2-3,15H2,1H3. The Morgan fingerprint density at radius 2 is 2.18 bits per heavy atom. The molecular formula is C13H13FN2S. The summed E-state index contributed by atoms with van der Waals surface area (Å²) in [6, 6.07) is 4.73. The Bertz CT molecular complexity index is 573. The van der Waals surface area contributed by atoms with E-state index >= 15 is 0 Å². The Morgan fingerprint density at radius 1 is 1.41 bits per heavy atom. The van der Waals surface area contributed by atoms with E-state index in [-0.39, 0.29) is 5.82 Å². The van der Waals surface area contributed by atoms with E-state index in [9.17, 15) is 4.39 Å². The summed E-state index contributed by atoms with van der Waals surface area (Å²) in [7, 11) is 0. The first-order chi connectivity index (χ1) is 8.15. The summed E-state index contributed by atoms with van der Waals surface area (Å²) in [5, 5.41) is 1.86. The van der Waals surface area contributed by atoms with Crippen molar-refractivity contribution in [3.63, 3.8) is 0 Å². The number of hydrogen-bond donors (Lipinski definition) is 1. The zero-order valence-corrected chi connectivity index (χ0v) is 10.4. The van der Waals surface area contributed by atoms with Crippen molar-refractivity contribution in [2.45, 2.75) is 25.7 Å². The molecule has 1 fully saturated rings. The van der Waals surface area contributed by atoms with Gasteiger partial charge in [0.05, 0.1) is 5.01 Å². The van der Waals surface area contributed by atoms with E-state index < -0.39 is 0 Å². The van der Waals surface area contributed by atoms with E-state index in [2.05, 4.69) is 4.98 Å². The van der Waals surface area contributed by atoms with E-state index in [0.29, 0.717) is 5.92 Å². The van der Waals surface area contributed by atoms with Crippen LogP contribution in [0.25, 0.3) is 11.3 Å². The molecule has 0 bridgehead atoms. The SMILES string of the molecule is Cc1cc(F)ccc1-c1nc(C2CC2)sc1N. The summed E-state index contributed by atoms with van der Waals surface area (Å²) in [5.41, 5.74) is 8.64. The number of anilines is 1. The average molecular weight is 248 g/mol. The van der Waals surface area contributed by atoms with Crippen LogP contribution in [0.5, 0.6) is 0 Å². The van der Waals surface area contributed by atoms with Crippen LogP contribution in [0, 0.1) is 12.7 Å². The zero-order chi connectivity index (χ0) is 12.0. The minimum atomic E-state index is -0.220. The number of aromatic nitrogens is 1. The maximum Gasteiger partial charge on any atom is 0.123 e. The van der Waals surface area contributed by atoms with Crippen LogP contribution in [0.3, 0.4) is 0 Å². The first kappa shape index (κ1) is 10.7. The number of hydrogen-bond acceptors (Lipinski definition) is 3. The summed E-state index contributed by atoms with van der Waals surface area (Å²) in [6.45, 7) is 1.88. The smallest absolute Gasteiger partial charge is 0.123 e. The number of nitrogen functional groups attached to an aromatic ring is 1. The fourth-order valence-electron chi connectivity index (χ4n) is 1.94. The molecule has 4 heteroatoms. The molecule has 0 unspecified atom stereocenters. The lowest BCUT2D eigenvalue weighted by atomic mass is 10.1. The Kier molecular flexibility index (Phi) is 2.40. The molecule has 1 aliphatic rings. The number of benzene rings is 1. The van der Waals surface area contributed by atoms with Crippen molar-refractivity contribution in [1.29, 1.82) is 0 Å². The number of nitrogens with zero attached hydrogens (tertiary/aromatic N) is 1. The van der Waals surface area contributed by atoms with Crippen LogP contribution in [0.2, 0.25) is 0 Å². The Hall–Kier alpha value is -1.42. The fourth-order valence-corrected chi connectivity index (χ4v) is 2.96. The van der Waals surface area contributed by atoms with Crippen LogP contribution in [-0.4, -0.2) is 4.98 Å². The Balaban J connectivity index is 2.07. The fraction of sp³-hybridized carbons (Fsp3) is 0.308. The van der Waals surface area contributed by atoms with Gasteiger partial charge in [-0.1, -0.05) is 0 Å². The lowest BCUT2D eigenvalue weighted by Gasteiger charge is -2.03. The third kappa shape index (κ3) is 1.93. The molecule has 0 spiro atoms. The number of thiazole rings is 1. The van der Waals surface area contributed by atoms with Crippen molar-refractivity contribution < 1.29 is 4.39 Å². The first-order valence-corrected chi connectivity index (χ1v) is 6.49. The number of halogens is 1. The highest BCUT2D eigenvalue weighted by atomic mass is 32.1. The van der Waals surface area contributed by atoms with Gasteiger partial charge in [0.15, 0.2) is 0 Å². The van der Waals surface area contributed by atoms with Crippen molar-refractivity contribution in [3.05, 3.63) is 34.6 Å². The molecule has 0 atom stereocenters. The highest BCUT2D eigenvalue weighted by molar-refractivity contribution is 7.16. The summed E-state index contributed by atoms with van der Waals surface area (Å²) in [4.78, 5) is 4.60. The van der Waals surface area contributed by atoms with E-state index in [4.69, 9.17) is 5.73 Å². The lowest BCUT2D eigenvalue weighted by molar-refractivity contribution is 0.627. The third-order valence-electron chi connectivity index (χ3n) is 3.04. The highest BCUT2D eigenvalue weighted by Crippen LogP contribution is 2.45. The lowest BCUT2D eigenvalue weighted by Crippen LogP contribution is -1.90. The largest absolute Gasteiger partial charge is 0.389 e. The summed E-state index contributed by atoms with van der Waals surface area (Å²) in [6.07, 6.45) is 2.43. The number of aryl methyl sites for hydroxylation is 1. The number of nitrogens with two attached hydrogens (primary N) is 1. The van der Waals surface area contributed by atoms with Gasteiger partial charge in [-0.2, -0.15) is 0 Å². The molecule has 1 aliphatic carbocycles. The van der Waals surface area contributed by atoms with E-state index in [1.807, 2.05) is 6.92 Å². The Labute approximate surface area is 103 Å². The second-order valence-electron chi connectivity index (χ2n) is 4.50. The first-order valence-electron chi connectivity index (χ1n) is 5.68. The minimum absolute atomic E-state index is 0.220. The van der Waals surface area contributed by atoms with Gasteiger partial charge in [-0.05, 0) is 43.5 Å². The monoisotopic (exact) mass is 248 g/mol. The quantitative estimate of drug-likeness (QED) is 0.879. The van der Waals surface area contributed by atoms with Gasteiger partial charge in [-0.15, -0.1) is 11.3 Å². The molecule has 0 radical (unpaired) electrons. The molecule has 1 aromatic carbocycles. The average Bonchev–Trinajstić information content (AvgIpc) is 3.04. The van der Waals surface area contributed by atoms with Crippen molar-refractivity contribution in [2.24, 2.45) is 0 Å². The van der Waals surface area contributed by atoms with E-state index in [1.54, 1.807) is 17.4 Å². The van der Waals surface area contributed by atoms with Crippen LogP contribution in [0.15, 0.2) is 18.2 Å². The van der Waals surface area contributed by atoms with Gasteiger partial charge in [-0.25, -0.2) is 9.37 Å². The van der Waals surface area contributed by atoms with Crippen molar-refractivity contribution in [2.75, 3.05) is 5.73 Å². The third-order valence-corrected chi connectivity index (χ3v) is 4.09. The maximum atomic E-state index is 13.1. The van der Waals surface area contributed by atoms with E-state index in [0.717, 1.165) is 26.8 Å². The molecule has 0 aliphatic heterocycles. The van der Waals surface area contributed by atoms with Gasteiger partial charge < -0.3 is 5.73 Å². The van der Waals surface area contributed by atoms with Gasteiger partial charge >= 0.3 is 0 Å². The Morgan fingerprint density at radius 3 is 2.82 bits per heavy atom. The second-order valence-corrected chi connectivity index (χ2v) is 5.56. The molecule has 0 amide bonds. The summed E-state index contributed by atoms with van der Waals surface area (Å²) < 4.78 is 13.1. The van der Waals surface area contributed by atoms with E-state index in [1.165, 1.54) is 25.0 Å². The molecule has 2 N–H and O–H groups in total. The molecule has 17 heavy (non-hydrogen) atoms. The molecular weight excluding hydrogens is 235 g/mol. The molecule has 1 heterocycles. The predicted molar refractivity (Wildman–Crippen MR) is 68.6 cm³/mol. The van der Waals surface area contributed by atoms with Crippen molar-refractivity contribution in [3.8, 4) is 11.3 Å². The van der Waals surface area contributed by atoms with Gasteiger partial charge in [0.2, 0.25) is 0 Å². The predicted octanol–water partition coefficient (Wildman–Crippen LogP) is 3.72. The summed E-state index contributed by atoms with van der Waals surface area (Å²) >= 11 is 1.57. The normalized spacial score (nSPS) is 15.2. The molecule has 2 nitrogen and oxygen atoms in total. The van der Waals surface area contributed by atoms with Crippen LogP contribution >= 0.6 is 11.3 Å². The maximum absolute atomic E-state index is 13.1. The van der Waals surface area contributed by atoms with Gasteiger partial charge in [0, 0.05) is 11.5 Å². The van der Waals surface area contributed by atoms with Crippen LogP contribution in [0.4, 0.5) is 9.39 Å². The van der Waals surface area contributed by atoms with Crippen molar-refractivity contribution in [1.82, 2.24) is 4.98 Å². The molecule has 88 valence electrons. The zero-order valence-electron chi connectivity index (χ0n) is 9.53. The molecule has 1 aromatic heterocycles. The van der Waals surface area contributed by atoms with Crippen molar-refractivity contribution >= 4 is 16.3 Å². The molecule has 1 saturated carbocycles. The summed E-state index contributed by atoms with van der Waals surface area (Å²) in [5.74, 6) is 0.388. The van der Waals surface area contributed by atoms with Gasteiger partial charge in [0.25, 0.3) is 0 Å². The van der Waals surface area contributed by atoms with Crippen LogP contribution in [-0.2, 0) is 0 Å². The van der Waals surface area contributed by atoms with Crippen LogP contribution < -0.4 is 5.73 Å². The molecule has 0 saturated heterocycles. The highest BCUT2D eigenvalue weighted by Gasteiger charge is 2.28. The second kappa shape index (κ2) is 3.81.